The highest BCUT2D eigenvalue weighted by atomic mass is 19.1. The molecule has 142 valence electrons. The number of nitrogens with zero attached hydrogens (tertiary/aromatic N) is 1. The lowest BCUT2D eigenvalue weighted by Gasteiger charge is -2.33. The molecule has 0 radical (unpaired) electrons. The summed E-state index contributed by atoms with van der Waals surface area (Å²) in [5.74, 6) is -0.0585. The van der Waals surface area contributed by atoms with E-state index < -0.39 is 5.82 Å². The average molecular weight is 361 g/mol. The number of rotatable bonds is 7. The summed E-state index contributed by atoms with van der Waals surface area (Å²) >= 11 is 0. The fourth-order valence-corrected chi connectivity index (χ4v) is 3.69. The highest BCUT2D eigenvalue weighted by Gasteiger charge is 2.17. The fraction of sp³-hybridized carbons (Fsp3) is 0.550. The number of hydrogen-bond acceptors (Lipinski definition) is 3. The first kappa shape index (κ1) is 18.7. The van der Waals surface area contributed by atoms with Crippen molar-refractivity contribution in [1.82, 2.24) is 15.2 Å². The van der Waals surface area contributed by atoms with Gasteiger partial charge in [-0.25, -0.2) is 4.39 Å². The molecular weight excluding hydrogens is 333 g/mol. The molecule has 6 heteroatoms. The van der Waals surface area contributed by atoms with Crippen LogP contribution in [0.1, 0.15) is 49.5 Å². The number of ether oxygens (including phenoxy) is 1. The van der Waals surface area contributed by atoms with E-state index in [2.05, 4.69) is 22.1 Å². The molecule has 1 aliphatic heterocycles. The molecule has 1 aromatic carbocycles. The molecule has 1 atom stereocenters. The van der Waals surface area contributed by atoms with Gasteiger partial charge in [0.1, 0.15) is 17.3 Å². The summed E-state index contributed by atoms with van der Waals surface area (Å²) in [6.45, 7) is 5.20. The quantitative estimate of drug-likeness (QED) is 0.740. The van der Waals surface area contributed by atoms with Gasteiger partial charge in [0, 0.05) is 18.0 Å². The molecule has 2 aromatic rings. The van der Waals surface area contributed by atoms with Crippen molar-refractivity contribution < 1.29 is 13.9 Å². The topological polar surface area (TPSA) is 57.4 Å². The molecule has 0 saturated carbocycles. The van der Waals surface area contributed by atoms with Gasteiger partial charge in [-0.05, 0) is 63.9 Å². The Labute approximate surface area is 153 Å². The van der Waals surface area contributed by atoms with E-state index in [-0.39, 0.29) is 5.91 Å². The van der Waals surface area contributed by atoms with Crippen LogP contribution in [-0.4, -0.2) is 48.6 Å². The van der Waals surface area contributed by atoms with Crippen molar-refractivity contribution in [1.29, 1.82) is 0 Å². The Bertz CT molecular complexity index is 759. The van der Waals surface area contributed by atoms with Crippen molar-refractivity contribution in [3.63, 3.8) is 0 Å². The van der Waals surface area contributed by atoms with E-state index in [1.807, 2.05) is 0 Å². The van der Waals surface area contributed by atoms with E-state index in [0.717, 1.165) is 19.4 Å². The third-order valence-electron chi connectivity index (χ3n) is 5.27. The predicted molar refractivity (Wildman–Crippen MR) is 101 cm³/mol. The van der Waals surface area contributed by atoms with Gasteiger partial charge >= 0.3 is 0 Å². The number of carbonyl (C=O) groups is 1. The van der Waals surface area contributed by atoms with Gasteiger partial charge in [0.2, 0.25) is 0 Å². The van der Waals surface area contributed by atoms with Crippen molar-refractivity contribution in [3.05, 3.63) is 29.7 Å². The van der Waals surface area contributed by atoms with Crippen LogP contribution in [0.2, 0.25) is 0 Å². The molecule has 0 unspecified atom stereocenters. The highest BCUT2D eigenvalue weighted by Crippen LogP contribution is 2.28. The molecule has 5 nitrogen and oxygen atoms in total. The molecule has 1 saturated heterocycles. The number of methoxy groups -OCH3 is 1. The first-order valence-corrected chi connectivity index (χ1v) is 9.47. The zero-order chi connectivity index (χ0) is 18.5. The van der Waals surface area contributed by atoms with Crippen LogP contribution in [0.15, 0.2) is 18.2 Å². The van der Waals surface area contributed by atoms with Crippen LogP contribution in [0.5, 0.6) is 5.75 Å². The number of unbranched alkanes of at least 4 members (excludes halogenated alkanes) is 1. The predicted octanol–water partition coefficient (Wildman–Crippen LogP) is 3.70. The van der Waals surface area contributed by atoms with Gasteiger partial charge in [0.15, 0.2) is 0 Å². The number of piperidine rings is 1. The van der Waals surface area contributed by atoms with Gasteiger partial charge in [-0.2, -0.15) is 0 Å². The normalized spacial score (nSPS) is 18.2. The van der Waals surface area contributed by atoms with Crippen molar-refractivity contribution in [2.75, 3.05) is 26.7 Å². The summed E-state index contributed by atoms with van der Waals surface area (Å²) in [7, 11) is 1.53. The van der Waals surface area contributed by atoms with Crippen LogP contribution >= 0.6 is 0 Å². The number of hydrogen-bond donors (Lipinski definition) is 2. The summed E-state index contributed by atoms with van der Waals surface area (Å²) in [5.41, 5.74) is 0.654. The molecule has 0 aliphatic carbocycles. The molecule has 1 fully saturated rings. The molecule has 26 heavy (non-hydrogen) atoms. The molecule has 0 bridgehead atoms. The molecule has 2 N–H and O–H groups in total. The lowest BCUT2D eigenvalue weighted by atomic mass is 10.0. The van der Waals surface area contributed by atoms with Crippen molar-refractivity contribution >= 4 is 16.8 Å². The SMILES string of the molecule is COc1ccc(F)c2[nH]c(C(=O)NCCCCN3CCCC[C@H]3C)cc12. The maximum absolute atomic E-state index is 13.9. The third-order valence-corrected chi connectivity index (χ3v) is 5.27. The summed E-state index contributed by atoms with van der Waals surface area (Å²) in [6.07, 6.45) is 5.93. The number of fused-ring (bicyclic) bond motifs is 1. The van der Waals surface area contributed by atoms with Crippen LogP contribution in [0.3, 0.4) is 0 Å². The number of halogens is 1. The van der Waals surface area contributed by atoms with E-state index in [4.69, 9.17) is 4.74 Å². The third kappa shape index (κ3) is 4.18. The van der Waals surface area contributed by atoms with E-state index >= 15 is 0 Å². The molecule has 1 aliphatic rings. The smallest absolute Gasteiger partial charge is 0.267 e. The summed E-state index contributed by atoms with van der Waals surface area (Å²) in [4.78, 5) is 17.7. The van der Waals surface area contributed by atoms with Gasteiger partial charge in [-0.3, -0.25) is 4.79 Å². The molecule has 0 spiro atoms. The second-order valence-electron chi connectivity index (χ2n) is 7.07. The van der Waals surface area contributed by atoms with Gasteiger partial charge in [-0.15, -0.1) is 0 Å². The van der Waals surface area contributed by atoms with Gasteiger partial charge in [0.05, 0.1) is 12.6 Å². The number of carbonyl (C=O) groups excluding carboxylic acids is 1. The van der Waals surface area contributed by atoms with Gasteiger partial charge < -0.3 is 19.9 Å². The van der Waals surface area contributed by atoms with Crippen LogP contribution in [0.25, 0.3) is 10.9 Å². The first-order chi connectivity index (χ1) is 12.6. The Morgan fingerprint density at radius 3 is 3.00 bits per heavy atom. The van der Waals surface area contributed by atoms with E-state index in [9.17, 15) is 9.18 Å². The largest absolute Gasteiger partial charge is 0.496 e. The van der Waals surface area contributed by atoms with E-state index in [1.54, 1.807) is 12.1 Å². The number of nitrogens with one attached hydrogen (secondary N) is 2. The number of aromatic nitrogens is 1. The van der Waals surface area contributed by atoms with Crippen LogP contribution in [0.4, 0.5) is 4.39 Å². The van der Waals surface area contributed by atoms with Gasteiger partial charge in [-0.1, -0.05) is 6.42 Å². The minimum Gasteiger partial charge on any atom is -0.496 e. The van der Waals surface area contributed by atoms with E-state index in [1.165, 1.54) is 39.0 Å². The number of benzene rings is 1. The minimum atomic E-state index is -0.393. The Morgan fingerprint density at radius 1 is 1.38 bits per heavy atom. The lowest BCUT2D eigenvalue weighted by molar-refractivity contribution is 0.0947. The Hall–Kier alpha value is -2.08. The monoisotopic (exact) mass is 361 g/mol. The zero-order valence-corrected chi connectivity index (χ0v) is 15.6. The van der Waals surface area contributed by atoms with E-state index in [0.29, 0.717) is 34.9 Å². The zero-order valence-electron chi connectivity index (χ0n) is 15.6. The van der Waals surface area contributed by atoms with Gasteiger partial charge in [0.25, 0.3) is 5.91 Å². The lowest BCUT2D eigenvalue weighted by Crippen LogP contribution is -2.38. The fourth-order valence-electron chi connectivity index (χ4n) is 3.69. The summed E-state index contributed by atoms with van der Waals surface area (Å²) < 4.78 is 19.1. The maximum atomic E-state index is 13.9. The van der Waals surface area contributed by atoms with Crippen molar-refractivity contribution in [2.24, 2.45) is 0 Å². The van der Waals surface area contributed by atoms with Crippen LogP contribution in [-0.2, 0) is 0 Å². The van der Waals surface area contributed by atoms with Crippen molar-refractivity contribution in [3.8, 4) is 5.75 Å². The number of aromatic amines is 1. The number of likely N-dealkylation sites (tertiary alicyclic amines) is 1. The molecule has 1 aromatic heterocycles. The standard InChI is InChI=1S/C20H28FN3O2/c1-14-7-3-5-11-24(14)12-6-4-10-22-20(25)17-13-15-18(26-2)9-8-16(21)19(15)23-17/h8-9,13-14,23H,3-7,10-12H2,1-2H3,(H,22,25)/t14-/m1/s1. The Morgan fingerprint density at radius 2 is 2.23 bits per heavy atom. The summed E-state index contributed by atoms with van der Waals surface area (Å²) in [6, 6.07) is 5.21. The van der Waals surface area contributed by atoms with Crippen molar-refractivity contribution in [2.45, 2.75) is 45.1 Å². The number of H-pyrrole nitrogens is 1. The average Bonchev–Trinajstić information content (AvgIpc) is 3.09. The first-order valence-electron chi connectivity index (χ1n) is 9.47. The molecule has 2 heterocycles. The highest BCUT2D eigenvalue weighted by molar-refractivity contribution is 5.99. The summed E-state index contributed by atoms with van der Waals surface area (Å²) in [5, 5.41) is 3.49. The second kappa shape index (κ2) is 8.54. The molecule has 1 amide bonds. The maximum Gasteiger partial charge on any atom is 0.267 e. The molecule has 3 rings (SSSR count). The minimum absolute atomic E-state index is 0.214. The van der Waals surface area contributed by atoms with Crippen LogP contribution in [0, 0.1) is 5.82 Å². The second-order valence-corrected chi connectivity index (χ2v) is 7.07. The van der Waals surface area contributed by atoms with Crippen LogP contribution < -0.4 is 10.1 Å². The number of amides is 1. The Balaban J connectivity index is 1.49. The molecular formula is C20H28FN3O2. The Kier molecular flexibility index (Phi) is 6.14.